The molecule has 7 nitrogen and oxygen atoms in total. The Morgan fingerprint density at radius 1 is 1.11 bits per heavy atom. The van der Waals surface area contributed by atoms with Gasteiger partial charge < -0.3 is 29.6 Å². The molecule has 0 aliphatic heterocycles. The standard InChI is InChI=1S/C20H31N5O2/c1-21-20(22-10-13-25-11-6-7-12-25)23-15-17(24(2)3)16-8-9-18(26-4)19(14-16)27-5/h6-9,11-12,14,17H,10,13,15H2,1-5H3,(H2,21,22,23). The molecule has 148 valence electrons. The van der Waals surface area contributed by atoms with E-state index >= 15 is 0 Å². The van der Waals surface area contributed by atoms with Crippen LogP contribution in [0, 0.1) is 0 Å². The van der Waals surface area contributed by atoms with Gasteiger partial charge in [-0.1, -0.05) is 6.07 Å². The Hall–Kier alpha value is -2.67. The maximum absolute atomic E-state index is 5.44. The van der Waals surface area contributed by atoms with E-state index in [0.717, 1.165) is 36.1 Å². The van der Waals surface area contributed by atoms with E-state index in [1.807, 2.05) is 24.3 Å². The van der Waals surface area contributed by atoms with E-state index < -0.39 is 0 Å². The predicted octanol–water partition coefficient (Wildman–Crippen LogP) is 1.97. The summed E-state index contributed by atoms with van der Waals surface area (Å²) in [6, 6.07) is 10.2. The second kappa shape index (κ2) is 10.5. The summed E-state index contributed by atoms with van der Waals surface area (Å²) in [4.78, 5) is 6.48. The fourth-order valence-corrected chi connectivity index (χ4v) is 2.90. The van der Waals surface area contributed by atoms with Gasteiger partial charge in [0, 0.05) is 39.1 Å². The van der Waals surface area contributed by atoms with Crippen LogP contribution in [-0.2, 0) is 6.54 Å². The Morgan fingerprint density at radius 2 is 1.81 bits per heavy atom. The van der Waals surface area contributed by atoms with E-state index in [0.29, 0.717) is 6.54 Å². The predicted molar refractivity (Wildman–Crippen MR) is 110 cm³/mol. The number of ether oxygens (including phenoxy) is 2. The first-order valence-electron chi connectivity index (χ1n) is 9.02. The number of methoxy groups -OCH3 is 2. The van der Waals surface area contributed by atoms with Crippen molar-refractivity contribution < 1.29 is 9.47 Å². The molecular weight excluding hydrogens is 342 g/mol. The Morgan fingerprint density at radius 3 is 2.41 bits per heavy atom. The minimum atomic E-state index is 0.160. The zero-order chi connectivity index (χ0) is 19.6. The van der Waals surface area contributed by atoms with Crippen LogP contribution in [0.4, 0.5) is 0 Å². The summed E-state index contributed by atoms with van der Waals surface area (Å²) in [6.45, 7) is 2.41. The number of hydrogen-bond donors (Lipinski definition) is 2. The highest BCUT2D eigenvalue weighted by Gasteiger charge is 2.17. The van der Waals surface area contributed by atoms with E-state index in [-0.39, 0.29) is 6.04 Å². The van der Waals surface area contributed by atoms with Crippen LogP contribution in [0.5, 0.6) is 11.5 Å². The van der Waals surface area contributed by atoms with E-state index in [1.54, 1.807) is 21.3 Å². The van der Waals surface area contributed by atoms with Gasteiger partial charge in [-0.15, -0.1) is 0 Å². The molecule has 1 aromatic carbocycles. The van der Waals surface area contributed by atoms with Gasteiger partial charge in [0.25, 0.3) is 0 Å². The average Bonchev–Trinajstić information content (AvgIpc) is 3.19. The van der Waals surface area contributed by atoms with Crippen LogP contribution in [-0.4, -0.2) is 63.9 Å². The molecule has 0 spiro atoms. The molecule has 0 radical (unpaired) electrons. The van der Waals surface area contributed by atoms with Crippen LogP contribution in [0.25, 0.3) is 0 Å². The summed E-state index contributed by atoms with van der Waals surface area (Å²) in [5.41, 5.74) is 1.15. The smallest absolute Gasteiger partial charge is 0.191 e. The molecule has 2 rings (SSSR count). The van der Waals surface area contributed by atoms with E-state index in [9.17, 15) is 0 Å². The molecule has 0 aliphatic carbocycles. The third-order valence-corrected chi connectivity index (χ3v) is 4.43. The van der Waals surface area contributed by atoms with Crippen LogP contribution >= 0.6 is 0 Å². The minimum Gasteiger partial charge on any atom is -0.493 e. The second-order valence-electron chi connectivity index (χ2n) is 6.39. The van der Waals surface area contributed by atoms with Crippen molar-refractivity contribution in [1.82, 2.24) is 20.1 Å². The van der Waals surface area contributed by atoms with Crippen molar-refractivity contribution in [3.63, 3.8) is 0 Å². The van der Waals surface area contributed by atoms with E-state index in [4.69, 9.17) is 9.47 Å². The third kappa shape index (κ3) is 5.92. The number of aromatic nitrogens is 1. The summed E-state index contributed by atoms with van der Waals surface area (Å²) in [6.07, 6.45) is 4.11. The molecule has 2 N–H and O–H groups in total. The molecule has 0 saturated carbocycles. The fraction of sp³-hybridized carbons (Fsp3) is 0.450. The van der Waals surface area contributed by atoms with Crippen LogP contribution in [0.3, 0.4) is 0 Å². The number of benzene rings is 1. The maximum atomic E-state index is 5.44. The molecule has 1 atom stereocenters. The molecular formula is C20H31N5O2. The van der Waals surface area contributed by atoms with Gasteiger partial charge in [-0.25, -0.2) is 0 Å². The van der Waals surface area contributed by atoms with Gasteiger partial charge in [-0.3, -0.25) is 4.99 Å². The molecule has 1 heterocycles. The fourth-order valence-electron chi connectivity index (χ4n) is 2.90. The highest BCUT2D eigenvalue weighted by molar-refractivity contribution is 5.79. The molecule has 0 aliphatic rings. The lowest BCUT2D eigenvalue weighted by atomic mass is 10.1. The number of guanidine groups is 1. The molecule has 2 aromatic rings. The van der Waals surface area contributed by atoms with Gasteiger partial charge in [-0.2, -0.15) is 0 Å². The van der Waals surface area contributed by atoms with Gasteiger partial charge in [0.05, 0.1) is 20.3 Å². The highest BCUT2D eigenvalue weighted by atomic mass is 16.5. The molecule has 0 saturated heterocycles. The van der Waals surface area contributed by atoms with Crippen molar-refractivity contribution in [1.29, 1.82) is 0 Å². The summed E-state index contributed by atoms with van der Waals surface area (Å²) in [5, 5.41) is 6.76. The summed E-state index contributed by atoms with van der Waals surface area (Å²) >= 11 is 0. The molecule has 0 amide bonds. The highest BCUT2D eigenvalue weighted by Crippen LogP contribution is 2.31. The van der Waals surface area contributed by atoms with Crippen LogP contribution in [0.2, 0.25) is 0 Å². The minimum absolute atomic E-state index is 0.160. The van der Waals surface area contributed by atoms with Crippen LogP contribution < -0.4 is 20.1 Å². The van der Waals surface area contributed by atoms with Gasteiger partial charge in [0.1, 0.15) is 0 Å². The molecule has 27 heavy (non-hydrogen) atoms. The lowest BCUT2D eigenvalue weighted by molar-refractivity contribution is 0.295. The van der Waals surface area contributed by atoms with Gasteiger partial charge in [0.15, 0.2) is 17.5 Å². The summed E-state index contributed by atoms with van der Waals surface area (Å²) in [7, 11) is 9.20. The Bertz CT molecular complexity index is 713. The second-order valence-corrected chi connectivity index (χ2v) is 6.39. The summed E-state index contributed by atoms with van der Waals surface area (Å²) in [5.74, 6) is 2.25. The van der Waals surface area contributed by atoms with Gasteiger partial charge in [0.2, 0.25) is 0 Å². The SMILES string of the molecule is CN=C(NCCn1cccc1)NCC(c1ccc(OC)c(OC)c1)N(C)C. The zero-order valence-electron chi connectivity index (χ0n) is 16.9. The van der Waals surface area contributed by atoms with Crippen molar-refractivity contribution in [2.24, 2.45) is 4.99 Å². The van der Waals surface area contributed by atoms with Crippen molar-refractivity contribution in [2.45, 2.75) is 12.6 Å². The van der Waals surface area contributed by atoms with Gasteiger partial charge >= 0.3 is 0 Å². The summed E-state index contributed by atoms with van der Waals surface area (Å²) < 4.78 is 12.9. The van der Waals surface area contributed by atoms with Crippen molar-refractivity contribution in [3.05, 3.63) is 48.3 Å². The van der Waals surface area contributed by atoms with Crippen molar-refractivity contribution in [3.8, 4) is 11.5 Å². The number of nitrogens with zero attached hydrogens (tertiary/aromatic N) is 3. The van der Waals surface area contributed by atoms with Gasteiger partial charge in [-0.05, 0) is 43.9 Å². The first-order valence-corrected chi connectivity index (χ1v) is 9.02. The normalized spacial score (nSPS) is 12.7. The Kier molecular flexibility index (Phi) is 8.00. The first-order chi connectivity index (χ1) is 13.1. The molecule has 1 aromatic heterocycles. The number of aliphatic imine (C=N–C) groups is 1. The number of rotatable bonds is 9. The van der Waals surface area contributed by atoms with E-state index in [1.165, 1.54) is 0 Å². The molecule has 7 heteroatoms. The Balaban J connectivity index is 1.96. The number of hydrogen-bond acceptors (Lipinski definition) is 4. The largest absolute Gasteiger partial charge is 0.493 e. The lowest BCUT2D eigenvalue weighted by Gasteiger charge is -2.26. The van der Waals surface area contributed by atoms with Crippen LogP contribution in [0.15, 0.2) is 47.7 Å². The van der Waals surface area contributed by atoms with Crippen molar-refractivity contribution >= 4 is 5.96 Å². The topological polar surface area (TPSA) is 63.1 Å². The van der Waals surface area contributed by atoms with Crippen molar-refractivity contribution in [2.75, 3.05) is 48.5 Å². The zero-order valence-corrected chi connectivity index (χ0v) is 16.9. The van der Waals surface area contributed by atoms with E-state index in [2.05, 4.69) is 57.6 Å². The first kappa shape index (κ1) is 20.6. The monoisotopic (exact) mass is 373 g/mol. The molecule has 0 bridgehead atoms. The average molecular weight is 374 g/mol. The van der Waals surface area contributed by atoms with Crippen LogP contribution in [0.1, 0.15) is 11.6 Å². The lowest BCUT2D eigenvalue weighted by Crippen LogP contribution is -2.42. The quantitative estimate of drug-likeness (QED) is 0.520. The number of nitrogens with one attached hydrogen (secondary N) is 2. The number of likely N-dealkylation sites (N-methyl/N-ethyl adjacent to an activating group) is 1. The maximum Gasteiger partial charge on any atom is 0.191 e. The molecule has 1 unspecified atom stereocenters. The third-order valence-electron chi connectivity index (χ3n) is 4.43. The molecule has 0 fully saturated rings. The Labute approximate surface area is 162 Å².